The molecule has 1 atom stereocenters. The molecule has 1 aromatic carbocycles. The highest BCUT2D eigenvalue weighted by molar-refractivity contribution is 6.30. The number of amides is 3. The fraction of sp³-hybridized carbons (Fsp3) is 0.333. The van der Waals surface area contributed by atoms with E-state index in [1.54, 1.807) is 17.0 Å². The van der Waals surface area contributed by atoms with Crippen molar-refractivity contribution in [3.05, 3.63) is 46.1 Å². The molecule has 110 valence electrons. The van der Waals surface area contributed by atoms with Crippen molar-refractivity contribution in [1.82, 2.24) is 15.5 Å². The van der Waals surface area contributed by atoms with Gasteiger partial charge in [-0.3, -0.25) is 4.79 Å². The van der Waals surface area contributed by atoms with Gasteiger partial charge in [0.05, 0.1) is 23.9 Å². The van der Waals surface area contributed by atoms with Crippen molar-refractivity contribution in [3.63, 3.8) is 0 Å². The number of hydrogen-bond acceptors (Lipinski definition) is 2. The van der Waals surface area contributed by atoms with E-state index in [-0.39, 0.29) is 11.9 Å². The van der Waals surface area contributed by atoms with E-state index in [9.17, 15) is 9.59 Å². The molecule has 2 heterocycles. The van der Waals surface area contributed by atoms with E-state index in [0.29, 0.717) is 29.4 Å². The number of carbonyl (C=O) groups excluding carboxylic acids is 2. The number of rotatable bonds is 3. The van der Waals surface area contributed by atoms with Crippen LogP contribution < -0.4 is 10.6 Å². The van der Waals surface area contributed by atoms with Crippen molar-refractivity contribution in [2.24, 2.45) is 0 Å². The molecule has 2 aliphatic rings. The van der Waals surface area contributed by atoms with Crippen LogP contribution in [0.3, 0.4) is 0 Å². The van der Waals surface area contributed by atoms with Crippen molar-refractivity contribution in [1.29, 1.82) is 0 Å². The third-order valence-electron chi connectivity index (χ3n) is 3.72. The molecule has 0 saturated heterocycles. The summed E-state index contributed by atoms with van der Waals surface area (Å²) in [5.74, 6) is -0.0145. The lowest BCUT2D eigenvalue weighted by atomic mass is 9.96. The van der Waals surface area contributed by atoms with Gasteiger partial charge in [0.15, 0.2) is 0 Å². The Kier molecular flexibility index (Phi) is 3.59. The average molecular weight is 306 g/mol. The topological polar surface area (TPSA) is 61.4 Å². The Hall–Kier alpha value is -2.01. The van der Waals surface area contributed by atoms with Crippen molar-refractivity contribution in [2.75, 3.05) is 13.1 Å². The van der Waals surface area contributed by atoms with E-state index >= 15 is 0 Å². The molecule has 3 rings (SSSR count). The molecule has 2 N–H and O–H groups in total. The third kappa shape index (κ3) is 2.49. The van der Waals surface area contributed by atoms with Crippen LogP contribution in [0.5, 0.6) is 0 Å². The molecule has 0 aromatic heterocycles. The molecule has 0 unspecified atom stereocenters. The van der Waals surface area contributed by atoms with Crippen molar-refractivity contribution < 1.29 is 9.59 Å². The zero-order valence-corrected chi connectivity index (χ0v) is 12.4. The van der Waals surface area contributed by atoms with Gasteiger partial charge in [-0.15, -0.1) is 0 Å². The number of carbonyl (C=O) groups is 2. The molecule has 0 bridgehead atoms. The van der Waals surface area contributed by atoms with Gasteiger partial charge in [-0.05, 0) is 24.1 Å². The number of benzene rings is 1. The largest absolute Gasteiger partial charge is 0.333 e. The number of urea groups is 1. The van der Waals surface area contributed by atoms with Gasteiger partial charge in [0, 0.05) is 11.6 Å². The SMILES string of the molecule is CCCN1CC2=C(C1=O)[C@H](c1ccc(Cl)cc1)NC(=O)N2. The Bertz CT molecular complexity index is 624. The number of nitrogens with zero attached hydrogens (tertiary/aromatic N) is 1. The van der Waals surface area contributed by atoms with Crippen LogP contribution in [0.15, 0.2) is 35.5 Å². The fourth-order valence-electron chi connectivity index (χ4n) is 2.78. The van der Waals surface area contributed by atoms with Crippen LogP contribution in [0.2, 0.25) is 5.02 Å². The Labute approximate surface area is 128 Å². The summed E-state index contributed by atoms with van der Waals surface area (Å²) in [4.78, 5) is 26.1. The average Bonchev–Trinajstić information content (AvgIpc) is 2.76. The maximum Gasteiger partial charge on any atom is 0.319 e. The zero-order valence-electron chi connectivity index (χ0n) is 11.6. The van der Waals surface area contributed by atoms with Gasteiger partial charge >= 0.3 is 6.03 Å². The van der Waals surface area contributed by atoms with Gasteiger partial charge in [-0.2, -0.15) is 0 Å². The highest BCUT2D eigenvalue weighted by atomic mass is 35.5. The maximum atomic E-state index is 12.5. The molecule has 0 spiro atoms. The van der Waals surface area contributed by atoms with Gasteiger partial charge in [0.25, 0.3) is 5.91 Å². The summed E-state index contributed by atoms with van der Waals surface area (Å²) in [7, 11) is 0. The molecule has 3 amide bonds. The van der Waals surface area contributed by atoms with Gasteiger partial charge in [-0.25, -0.2) is 4.79 Å². The summed E-state index contributed by atoms with van der Waals surface area (Å²) in [6, 6.07) is 6.49. The molecule has 1 aromatic rings. The van der Waals surface area contributed by atoms with Crippen LogP contribution in [0, 0.1) is 0 Å². The highest BCUT2D eigenvalue weighted by Crippen LogP contribution is 2.32. The van der Waals surface area contributed by atoms with E-state index in [0.717, 1.165) is 12.0 Å². The number of hydrogen-bond donors (Lipinski definition) is 2. The lowest BCUT2D eigenvalue weighted by molar-refractivity contribution is -0.125. The van der Waals surface area contributed by atoms with Crippen molar-refractivity contribution in [3.8, 4) is 0 Å². The summed E-state index contributed by atoms with van der Waals surface area (Å²) in [5.41, 5.74) is 2.19. The first-order valence-electron chi connectivity index (χ1n) is 6.95. The maximum absolute atomic E-state index is 12.5. The van der Waals surface area contributed by atoms with E-state index in [4.69, 9.17) is 11.6 Å². The molecule has 0 saturated carbocycles. The van der Waals surface area contributed by atoms with Crippen molar-refractivity contribution in [2.45, 2.75) is 19.4 Å². The zero-order chi connectivity index (χ0) is 15.0. The van der Waals surface area contributed by atoms with Gasteiger partial charge in [0.1, 0.15) is 0 Å². The molecule has 0 aliphatic carbocycles. The predicted octanol–water partition coefficient (Wildman–Crippen LogP) is 2.20. The quantitative estimate of drug-likeness (QED) is 0.899. The lowest BCUT2D eigenvalue weighted by Gasteiger charge is -2.25. The van der Waals surface area contributed by atoms with E-state index < -0.39 is 6.04 Å². The van der Waals surface area contributed by atoms with Gasteiger partial charge in [-0.1, -0.05) is 30.7 Å². The molecule has 0 fully saturated rings. The number of nitrogens with one attached hydrogen (secondary N) is 2. The first kappa shape index (κ1) is 13.9. The minimum atomic E-state index is -0.416. The molecule has 0 radical (unpaired) electrons. The summed E-state index contributed by atoms with van der Waals surface area (Å²) in [6.45, 7) is 3.19. The Morgan fingerprint density at radius 1 is 1.29 bits per heavy atom. The molecule has 5 nitrogen and oxygen atoms in total. The van der Waals surface area contributed by atoms with Crippen molar-refractivity contribution >= 4 is 23.5 Å². The second-order valence-corrected chi connectivity index (χ2v) is 5.64. The molecular weight excluding hydrogens is 290 g/mol. The summed E-state index contributed by atoms with van der Waals surface area (Å²) in [5, 5.41) is 6.19. The highest BCUT2D eigenvalue weighted by Gasteiger charge is 2.39. The van der Waals surface area contributed by atoms with E-state index in [1.165, 1.54) is 0 Å². The van der Waals surface area contributed by atoms with Crippen LogP contribution in [0.4, 0.5) is 4.79 Å². The van der Waals surface area contributed by atoms with Crippen LogP contribution in [-0.2, 0) is 4.79 Å². The molecule has 2 aliphatic heterocycles. The lowest BCUT2D eigenvalue weighted by Crippen LogP contribution is -2.44. The van der Waals surface area contributed by atoms with Crippen LogP contribution in [0.25, 0.3) is 0 Å². The standard InChI is InChI=1S/C15H16ClN3O2/c1-2-7-19-8-11-12(14(19)20)13(18-15(21)17-11)9-3-5-10(16)6-4-9/h3-6,13H,2,7-8H2,1H3,(H2,17,18,21)/t13-/m0/s1. The van der Waals surface area contributed by atoms with Crippen LogP contribution in [-0.4, -0.2) is 29.9 Å². The Balaban J connectivity index is 1.96. The first-order valence-corrected chi connectivity index (χ1v) is 7.33. The number of halogens is 1. The summed E-state index contributed by atoms with van der Waals surface area (Å²) >= 11 is 5.90. The normalized spacial score (nSPS) is 21.2. The smallest absolute Gasteiger partial charge is 0.319 e. The Morgan fingerprint density at radius 2 is 2.00 bits per heavy atom. The summed E-state index contributed by atoms with van der Waals surface area (Å²) in [6.07, 6.45) is 0.888. The molecular formula is C15H16ClN3O2. The van der Waals surface area contributed by atoms with Crippen LogP contribution >= 0.6 is 11.6 Å². The van der Waals surface area contributed by atoms with Crippen LogP contribution in [0.1, 0.15) is 24.9 Å². The third-order valence-corrected chi connectivity index (χ3v) is 3.97. The first-order chi connectivity index (χ1) is 10.1. The monoisotopic (exact) mass is 305 g/mol. The predicted molar refractivity (Wildman–Crippen MR) is 79.8 cm³/mol. The minimum absolute atomic E-state index is 0.0145. The van der Waals surface area contributed by atoms with E-state index in [2.05, 4.69) is 10.6 Å². The van der Waals surface area contributed by atoms with E-state index in [1.807, 2.05) is 19.1 Å². The van der Waals surface area contributed by atoms with Gasteiger partial charge < -0.3 is 15.5 Å². The molecule has 21 heavy (non-hydrogen) atoms. The summed E-state index contributed by atoms with van der Waals surface area (Å²) < 4.78 is 0. The fourth-order valence-corrected chi connectivity index (χ4v) is 2.91. The molecule has 6 heteroatoms. The minimum Gasteiger partial charge on any atom is -0.333 e. The second-order valence-electron chi connectivity index (χ2n) is 5.20. The van der Waals surface area contributed by atoms with Gasteiger partial charge in [0.2, 0.25) is 0 Å². The Morgan fingerprint density at radius 3 is 2.67 bits per heavy atom. The second kappa shape index (κ2) is 5.41.